The van der Waals surface area contributed by atoms with Gasteiger partial charge >= 0.3 is 0 Å². The summed E-state index contributed by atoms with van der Waals surface area (Å²) in [5, 5.41) is 1.38. The quantitative estimate of drug-likeness (QED) is 0.159. The first-order chi connectivity index (χ1) is 43.9. The van der Waals surface area contributed by atoms with Crippen molar-refractivity contribution in [1.82, 2.24) is 0 Å². The number of nitrogens with zero attached hydrogens (tertiary/aromatic N) is 3. The van der Waals surface area contributed by atoms with Crippen molar-refractivity contribution in [1.29, 1.82) is 0 Å². The number of hydrogen-bond donors (Lipinski definition) is 0. The lowest BCUT2D eigenvalue weighted by atomic mass is 9.35. The summed E-state index contributed by atoms with van der Waals surface area (Å²) in [6, 6.07) is 66.6. The third-order valence-electron chi connectivity index (χ3n) is 24.8. The summed E-state index contributed by atoms with van der Waals surface area (Å²) in [6.07, 6.45) is 7.87. The van der Waals surface area contributed by atoms with E-state index in [0.717, 1.165) is 37.8 Å². The lowest BCUT2D eigenvalue weighted by Crippen LogP contribution is -2.61. The van der Waals surface area contributed by atoms with Crippen LogP contribution < -0.4 is 30.4 Å². The average molecular weight is 1230 g/mol. The molecule has 0 atom stereocenters. The van der Waals surface area contributed by atoms with Gasteiger partial charge in [0.05, 0.1) is 11.4 Å². The van der Waals surface area contributed by atoms with Crippen molar-refractivity contribution in [2.24, 2.45) is 0 Å². The topological polar surface area (TPSA) is 9.72 Å². The van der Waals surface area contributed by atoms with Crippen molar-refractivity contribution >= 4 is 95.0 Å². The maximum Gasteiger partial charge on any atom is 0.264 e. The maximum absolute atomic E-state index is 2.82. The van der Waals surface area contributed by atoms with E-state index in [1.807, 2.05) is 0 Å². The Balaban J connectivity index is 1.03. The minimum Gasteiger partial charge on any atom is -0.311 e. The SMILES string of the molecule is CC(C)(C)c1ccc(N2c3cc4c(cc3B3c5sc6cc7c(cc6c5N(c5ccc6c(c5)C(C)(C)CCC6(C)C)c5cc(N(c6ccc8c(c6)Cc6ccccc6-8)c6ccc8c(c6)C(C)(C)c6ccccc6-8)cc2c53)C(C)(C)CCC7(C)C)C(C)(C)CCC4(C)C)cc1. The molecular formula is C88H92BN3S. The molecule has 0 spiro atoms. The number of rotatable bonds is 5. The van der Waals surface area contributed by atoms with E-state index in [-0.39, 0.29) is 50.0 Å². The zero-order valence-electron chi connectivity index (χ0n) is 58.4. The Labute approximate surface area is 559 Å². The van der Waals surface area contributed by atoms with Crippen molar-refractivity contribution in [3.63, 3.8) is 0 Å². The Morgan fingerprint density at radius 3 is 1.57 bits per heavy atom. The van der Waals surface area contributed by atoms with Crippen LogP contribution in [0.4, 0.5) is 51.2 Å². The molecule has 2 aliphatic heterocycles. The van der Waals surface area contributed by atoms with Crippen LogP contribution in [-0.2, 0) is 49.7 Å². The van der Waals surface area contributed by atoms with Gasteiger partial charge in [-0.1, -0.05) is 203 Å². The molecule has 3 heterocycles. The van der Waals surface area contributed by atoms with E-state index in [1.165, 1.54) is 168 Å². The van der Waals surface area contributed by atoms with Gasteiger partial charge in [-0.05, 0) is 256 Å². The molecule has 0 fully saturated rings. The minimum absolute atomic E-state index is 0.000808. The van der Waals surface area contributed by atoms with Gasteiger partial charge in [0.15, 0.2) is 0 Å². The molecule has 0 unspecified atom stereocenters. The molecule has 0 saturated carbocycles. The highest BCUT2D eigenvalue weighted by Gasteiger charge is 2.50. The zero-order chi connectivity index (χ0) is 64.8. The number of thiophene rings is 1. The molecule has 7 aliphatic rings. The fourth-order valence-corrected chi connectivity index (χ4v) is 20.0. The lowest BCUT2D eigenvalue weighted by Gasteiger charge is -2.47. The van der Waals surface area contributed by atoms with Gasteiger partial charge in [0, 0.05) is 60.1 Å². The second-order valence-corrected chi connectivity index (χ2v) is 36.0. The largest absolute Gasteiger partial charge is 0.311 e. The van der Waals surface area contributed by atoms with Crippen molar-refractivity contribution in [2.75, 3.05) is 14.7 Å². The zero-order valence-corrected chi connectivity index (χ0v) is 59.2. The monoisotopic (exact) mass is 1230 g/mol. The van der Waals surface area contributed by atoms with Crippen molar-refractivity contribution in [3.8, 4) is 22.3 Å². The first-order valence-electron chi connectivity index (χ1n) is 35.0. The summed E-state index contributed by atoms with van der Waals surface area (Å²) < 4.78 is 2.85. The Hall–Kier alpha value is -7.60. The summed E-state index contributed by atoms with van der Waals surface area (Å²) in [4.78, 5) is 8.20. The van der Waals surface area contributed by atoms with Crippen LogP contribution in [0.15, 0.2) is 164 Å². The number of fused-ring (bicyclic) bond motifs is 15. The third kappa shape index (κ3) is 8.58. The fraction of sp³-hybridized carbons (Fsp3) is 0.364. The van der Waals surface area contributed by atoms with Crippen LogP contribution in [0, 0.1) is 0 Å². The average Bonchev–Trinajstić information content (AvgIpc) is 1.58. The normalized spacial score (nSPS) is 19.5. The van der Waals surface area contributed by atoms with E-state index in [9.17, 15) is 0 Å². The maximum atomic E-state index is 2.82. The number of hydrogen-bond acceptors (Lipinski definition) is 4. The van der Waals surface area contributed by atoms with Gasteiger partial charge in [-0.25, -0.2) is 0 Å². The highest BCUT2D eigenvalue weighted by atomic mass is 32.1. The number of benzene rings is 9. The van der Waals surface area contributed by atoms with E-state index in [1.54, 1.807) is 0 Å². The van der Waals surface area contributed by atoms with Gasteiger partial charge in [0.1, 0.15) is 0 Å². The van der Waals surface area contributed by atoms with Gasteiger partial charge in [-0.15, -0.1) is 11.3 Å². The van der Waals surface area contributed by atoms with Crippen LogP contribution in [0.2, 0.25) is 0 Å². The van der Waals surface area contributed by atoms with Gasteiger partial charge in [-0.3, -0.25) is 0 Å². The van der Waals surface area contributed by atoms with Gasteiger partial charge < -0.3 is 14.7 Å². The molecule has 17 rings (SSSR count). The first-order valence-corrected chi connectivity index (χ1v) is 35.8. The molecule has 0 saturated heterocycles. The van der Waals surface area contributed by atoms with Crippen molar-refractivity contribution in [2.45, 2.75) is 206 Å². The highest BCUT2D eigenvalue weighted by Crippen LogP contribution is 2.58. The molecule has 5 heteroatoms. The van der Waals surface area contributed by atoms with Crippen LogP contribution in [0.5, 0.6) is 0 Å². The van der Waals surface area contributed by atoms with Crippen LogP contribution in [-0.4, -0.2) is 6.71 Å². The van der Waals surface area contributed by atoms with E-state index in [2.05, 4.69) is 308 Å². The molecule has 3 nitrogen and oxygen atoms in total. The Bertz CT molecular complexity index is 4880. The summed E-state index contributed by atoms with van der Waals surface area (Å²) in [5.74, 6) is 0. The van der Waals surface area contributed by atoms with Crippen molar-refractivity contribution < 1.29 is 0 Å². The second-order valence-electron chi connectivity index (χ2n) is 34.9. The van der Waals surface area contributed by atoms with E-state index >= 15 is 0 Å². The summed E-state index contributed by atoms with van der Waals surface area (Å²) in [5.41, 5.74) is 35.1. The van der Waals surface area contributed by atoms with Gasteiger partial charge in [0.25, 0.3) is 6.71 Å². The summed E-state index contributed by atoms with van der Waals surface area (Å²) >= 11 is 2.09. The predicted octanol–water partition coefficient (Wildman–Crippen LogP) is 22.7. The molecule has 0 radical (unpaired) electrons. The van der Waals surface area contributed by atoms with Gasteiger partial charge in [-0.2, -0.15) is 0 Å². The Morgan fingerprint density at radius 2 is 0.914 bits per heavy atom. The van der Waals surface area contributed by atoms with Crippen LogP contribution in [0.3, 0.4) is 0 Å². The molecular weight excluding hydrogens is 1140 g/mol. The Morgan fingerprint density at radius 1 is 0.398 bits per heavy atom. The standard InChI is InChI=1S/C88H92BN3S/c1-81(2,3)54-26-28-55(29-27-54)91-74-50-71-70(85(10,11)39-40-86(71,12)13)49-73(74)89-78-75(91)46-59(90(56-30-33-61-53(43-56)42-52-22-18-19-23-60(52)61)57-31-34-63-62-24-20-21-25-65(62)88(16,17)67(63)44-57)47-76(78)92(58-32-35-66-68(45-58)83(6,7)37-36-82(66,4)5)79-64-48-69-72(51-77(64)93-80(79)89)87(14,15)41-38-84(69,8)9/h18-35,43-51H,36-42H2,1-17H3. The molecule has 0 amide bonds. The predicted molar refractivity (Wildman–Crippen MR) is 401 cm³/mol. The van der Waals surface area contributed by atoms with Gasteiger partial charge in [0.2, 0.25) is 0 Å². The molecule has 0 N–H and O–H groups in total. The highest BCUT2D eigenvalue weighted by molar-refractivity contribution is 7.33. The lowest BCUT2D eigenvalue weighted by molar-refractivity contribution is 0.332. The molecule has 93 heavy (non-hydrogen) atoms. The van der Waals surface area contributed by atoms with Crippen molar-refractivity contribution in [3.05, 3.63) is 225 Å². The Kier molecular flexibility index (Phi) is 12.3. The number of anilines is 9. The molecule has 468 valence electrons. The summed E-state index contributed by atoms with van der Waals surface area (Å²) in [6.45, 7) is 42.0. The van der Waals surface area contributed by atoms with Crippen LogP contribution in [0.25, 0.3) is 32.3 Å². The van der Waals surface area contributed by atoms with E-state index in [0.29, 0.717) is 0 Å². The molecule has 0 bridgehead atoms. The smallest absolute Gasteiger partial charge is 0.264 e. The molecule has 5 aliphatic carbocycles. The van der Waals surface area contributed by atoms with Crippen LogP contribution >= 0.6 is 11.3 Å². The van der Waals surface area contributed by atoms with E-state index in [4.69, 9.17) is 0 Å². The second kappa shape index (κ2) is 19.3. The fourth-order valence-electron chi connectivity index (χ4n) is 18.6. The molecule has 10 aromatic rings. The molecule has 1 aromatic heterocycles. The van der Waals surface area contributed by atoms with Crippen LogP contribution in [0.1, 0.15) is 217 Å². The third-order valence-corrected chi connectivity index (χ3v) is 26.0. The van der Waals surface area contributed by atoms with E-state index < -0.39 is 0 Å². The first kappa shape index (κ1) is 59.2. The molecule has 9 aromatic carbocycles. The minimum atomic E-state index is -0.200. The summed E-state index contributed by atoms with van der Waals surface area (Å²) in [7, 11) is 0.